The molecule has 3 nitrogen and oxygen atoms in total. The summed E-state index contributed by atoms with van der Waals surface area (Å²) < 4.78 is 0. The second-order valence-corrected chi connectivity index (χ2v) is 7.37. The number of aliphatic hydroxyl groups is 1. The first-order valence-electron chi connectivity index (χ1n) is 8.44. The zero-order valence-corrected chi connectivity index (χ0v) is 15.6. The topological polar surface area (TPSA) is 40.5 Å². The van der Waals surface area contributed by atoms with Gasteiger partial charge in [-0.15, -0.1) is 0 Å². The predicted octanol–water partition coefficient (Wildman–Crippen LogP) is 4.41. The number of Topliss-reactive ketones (excluding diaryl/α,β-unsaturated/α-hetero) is 1. The molecule has 25 heavy (non-hydrogen) atoms. The van der Waals surface area contributed by atoms with Crippen molar-refractivity contribution < 1.29 is 9.90 Å². The molecular weight excluding hydrogens is 357 g/mol. The number of benzene rings is 2. The molecule has 1 aliphatic rings. The van der Waals surface area contributed by atoms with Crippen LogP contribution in [0, 0.1) is 5.92 Å². The minimum atomic E-state index is -1.20. The van der Waals surface area contributed by atoms with Crippen molar-refractivity contribution in [2.45, 2.75) is 18.9 Å². The van der Waals surface area contributed by atoms with Crippen molar-refractivity contribution in [2.75, 3.05) is 19.6 Å². The van der Waals surface area contributed by atoms with E-state index in [-0.39, 0.29) is 5.78 Å². The largest absolute Gasteiger partial charge is 0.384 e. The molecule has 0 unspecified atom stereocenters. The van der Waals surface area contributed by atoms with Crippen LogP contribution in [0.15, 0.2) is 48.5 Å². The highest BCUT2D eigenvalue weighted by atomic mass is 35.5. The van der Waals surface area contributed by atoms with E-state index in [4.69, 9.17) is 23.2 Å². The Hall–Kier alpha value is -1.39. The van der Waals surface area contributed by atoms with Gasteiger partial charge in [0.2, 0.25) is 0 Å². The van der Waals surface area contributed by atoms with Crippen LogP contribution in [-0.4, -0.2) is 35.4 Å². The molecule has 1 aliphatic heterocycles. The van der Waals surface area contributed by atoms with Crippen LogP contribution in [0.2, 0.25) is 10.0 Å². The average molecular weight is 378 g/mol. The Morgan fingerprint density at radius 1 is 1.12 bits per heavy atom. The van der Waals surface area contributed by atoms with E-state index < -0.39 is 11.5 Å². The van der Waals surface area contributed by atoms with Gasteiger partial charge in [0.1, 0.15) is 5.60 Å². The van der Waals surface area contributed by atoms with Crippen molar-refractivity contribution in [2.24, 2.45) is 5.92 Å². The lowest BCUT2D eigenvalue weighted by Gasteiger charge is -2.44. The molecule has 132 valence electrons. The van der Waals surface area contributed by atoms with E-state index in [2.05, 4.69) is 11.8 Å². The predicted molar refractivity (Wildman–Crippen MR) is 101 cm³/mol. The number of carbonyl (C=O) groups is 1. The number of ketones is 1. The van der Waals surface area contributed by atoms with Crippen molar-refractivity contribution >= 4 is 29.0 Å². The number of hydrogen-bond donors (Lipinski definition) is 1. The molecule has 0 aromatic heterocycles. The van der Waals surface area contributed by atoms with Crippen LogP contribution < -0.4 is 0 Å². The fourth-order valence-electron chi connectivity index (χ4n) is 3.49. The van der Waals surface area contributed by atoms with E-state index in [0.29, 0.717) is 28.6 Å². The summed E-state index contributed by atoms with van der Waals surface area (Å²) in [5.74, 6) is -0.601. The Balaban J connectivity index is 1.98. The lowest BCUT2D eigenvalue weighted by molar-refractivity contribution is -0.0631. The molecule has 0 aliphatic carbocycles. The summed E-state index contributed by atoms with van der Waals surface area (Å²) in [4.78, 5) is 15.4. The molecule has 3 rings (SSSR count). The Morgan fingerprint density at radius 2 is 1.68 bits per heavy atom. The van der Waals surface area contributed by atoms with E-state index in [9.17, 15) is 9.90 Å². The summed E-state index contributed by atoms with van der Waals surface area (Å²) >= 11 is 11.9. The van der Waals surface area contributed by atoms with Gasteiger partial charge in [0, 0.05) is 28.7 Å². The molecule has 1 heterocycles. The van der Waals surface area contributed by atoms with E-state index in [1.807, 2.05) is 12.1 Å². The van der Waals surface area contributed by atoms with Crippen LogP contribution in [0.25, 0.3) is 0 Å². The summed E-state index contributed by atoms with van der Waals surface area (Å²) in [6.07, 6.45) is 0.506. The molecule has 1 saturated heterocycles. The molecule has 0 bridgehead atoms. The Labute approximate surface area is 158 Å². The maximum Gasteiger partial charge on any atom is 0.170 e. The molecule has 0 spiro atoms. The summed E-state index contributed by atoms with van der Waals surface area (Å²) in [5.41, 5.74) is 0.104. The van der Waals surface area contributed by atoms with Gasteiger partial charge in [0.05, 0.1) is 5.92 Å². The third-order valence-corrected chi connectivity index (χ3v) is 5.57. The normalized spacial score (nSPS) is 24.2. The van der Waals surface area contributed by atoms with Gasteiger partial charge in [-0.05, 0) is 54.9 Å². The van der Waals surface area contributed by atoms with Gasteiger partial charge in [0.25, 0.3) is 0 Å². The van der Waals surface area contributed by atoms with E-state index in [1.165, 1.54) is 0 Å². The van der Waals surface area contributed by atoms with Crippen LogP contribution in [0.5, 0.6) is 0 Å². The molecule has 1 fully saturated rings. The quantitative estimate of drug-likeness (QED) is 0.802. The number of rotatable bonds is 4. The Bertz CT molecular complexity index is 745. The summed E-state index contributed by atoms with van der Waals surface area (Å²) in [5, 5.41) is 12.7. The highest BCUT2D eigenvalue weighted by Gasteiger charge is 2.46. The molecule has 0 amide bonds. The van der Waals surface area contributed by atoms with Crippen LogP contribution >= 0.6 is 23.2 Å². The number of hydrogen-bond acceptors (Lipinski definition) is 3. The van der Waals surface area contributed by atoms with Crippen molar-refractivity contribution in [3.8, 4) is 0 Å². The maximum absolute atomic E-state index is 13.2. The smallest absolute Gasteiger partial charge is 0.170 e. The second kappa shape index (κ2) is 7.46. The third-order valence-electron chi connectivity index (χ3n) is 5.06. The van der Waals surface area contributed by atoms with E-state index >= 15 is 0 Å². The van der Waals surface area contributed by atoms with Crippen LogP contribution in [0.1, 0.15) is 29.3 Å². The SMILES string of the molecule is CCN1CC[C@](O)(c2ccc(Cl)cc2)[C@H](C(=O)c2ccc(Cl)cc2)C1. The zero-order valence-electron chi connectivity index (χ0n) is 14.1. The first-order chi connectivity index (χ1) is 11.9. The first kappa shape index (κ1) is 18.4. The van der Waals surface area contributed by atoms with Crippen LogP contribution in [-0.2, 0) is 5.60 Å². The molecule has 2 atom stereocenters. The van der Waals surface area contributed by atoms with Gasteiger partial charge in [0.15, 0.2) is 5.78 Å². The number of nitrogens with zero attached hydrogens (tertiary/aromatic N) is 1. The summed E-state index contributed by atoms with van der Waals surface area (Å²) in [7, 11) is 0. The van der Waals surface area contributed by atoms with Crippen molar-refractivity contribution in [3.63, 3.8) is 0 Å². The number of halogens is 2. The minimum Gasteiger partial charge on any atom is -0.384 e. The van der Waals surface area contributed by atoms with Gasteiger partial charge in [-0.2, -0.15) is 0 Å². The second-order valence-electron chi connectivity index (χ2n) is 6.50. The molecular formula is C20H21Cl2NO2. The fraction of sp³-hybridized carbons (Fsp3) is 0.350. The standard InChI is InChI=1S/C20H21Cl2NO2/c1-2-23-12-11-20(25,15-5-9-17(22)10-6-15)18(13-23)19(24)14-3-7-16(21)8-4-14/h3-10,18,25H,2,11-13H2,1H3/t18-,20-/m0/s1. The highest BCUT2D eigenvalue weighted by Crippen LogP contribution is 2.39. The maximum atomic E-state index is 13.2. The third kappa shape index (κ3) is 3.75. The van der Waals surface area contributed by atoms with Crippen molar-refractivity contribution in [1.82, 2.24) is 4.90 Å². The molecule has 5 heteroatoms. The number of likely N-dealkylation sites (tertiary alicyclic amines) is 1. The van der Waals surface area contributed by atoms with Crippen molar-refractivity contribution in [1.29, 1.82) is 0 Å². The van der Waals surface area contributed by atoms with Crippen LogP contribution in [0.4, 0.5) is 0 Å². The Kier molecular flexibility index (Phi) is 5.49. The van der Waals surface area contributed by atoms with Gasteiger partial charge in [-0.1, -0.05) is 42.3 Å². The zero-order chi connectivity index (χ0) is 18.0. The average Bonchev–Trinajstić information content (AvgIpc) is 2.62. The van der Waals surface area contributed by atoms with Gasteiger partial charge < -0.3 is 10.0 Å². The summed E-state index contributed by atoms with van der Waals surface area (Å²) in [6, 6.07) is 14.0. The lowest BCUT2D eigenvalue weighted by Crippen LogP contribution is -2.53. The van der Waals surface area contributed by atoms with Crippen LogP contribution in [0.3, 0.4) is 0 Å². The molecule has 1 N–H and O–H groups in total. The molecule has 2 aromatic rings. The highest BCUT2D eigenvalue weighted by molar-refractivity contribution is 6.30. The minimum absolute atomic E-state index is 0.0627. The van der Waals surface area contributed by atoms with Gasteiger partial charge in [-0.3, -0.25) is 4.79 Å². The fourth-order valence-corrected chi connectivity index (χ4v) is 3.74. The Morgan fingerprint density at radius 3 is 2.24 bits per heavy atom. The van der Waals surface area contributed by atoms with Gasteiger partial charge in [-0.25, -0.2) is 0 Å². The van der Waals surface area contributed by atoms with E-state index in [0.717, 1.165) is 18.7 Å². The lowest BCUT2D eigenvalue weighted by atomic mass is 9.72. The molecule has 2 aromatic carbocycles. The monoisotopic (exact) mass is 377 g/mol. The molecule has 0 saturated carbocycles. The van der Waals surface area contributed by atoms with Gasteiger partial charge >= 0.3 is 0 Å². The first-order valence-corrected chi connectivity index (χ1v) is 9.20. The van der Waals surface area contributed by atoms with E-state index in [1.54, 1.807) is 36.4 Å². The number of carbonyl (C=O) groups excluding carboxylic acids is 1. The molecule has 0 radical (unpaired) electrons. The van der Waals surface area contributed by atoms with Crippen molar-refractivity contribution in [3.05, 3.63) is 69.7 Å². The number of piperidine rings is 1. The summed E-state index contributed by atoms with van der Waals surface area (Å²) in [6.45, 7) is 4.19.